The molecule has 0 saturated carbocycles. The van der Waals surface area contributed by atoms with Crippen molar-refractivity contribution in [2.24, 2.45) is 5.73 Å². The van der Waals surface area contributed by atoms with Gasteiger partial charge in [0.2, 0.25) is 0 Å². The third-order valence-corrected chi connectivity index (χ3v) is 3.68. The first kappa shape index (κ1) is 14.3. The van der Waals surface area contributed by atoms with E-state index in [4.69, 9.17) is 15.2 Å². The van der Waals surface area contributed by atoms with Gasteiger partial charge in [-0.2, -0.15) is 9.36 Å². The monoisotopic (exact) mass is 259 g/mol. The van der Waals surface area contributed by atoms with Crippen LogP contribution in [0.2, 0.25) is 0 Å². The van der Waals surface area contributed by atoms with Crippen molar-refractivity contribution in [2.45, 2.75) is 45.3 Å². The molecule has 0 aliphatic heterocycles. The van der Waals surface area contributed by atoms with Gasteiger partial charge in [0.25, 0.3) is 5.19 Å². The van der Waals surface area contributed by atoms with Crippen LogP contribution in [0.4, 0.5) is 0 Å². The van der Waals surface area contributed by atoms with E-state index >= 15 is 0 Å². The summed E-state index contributed by atoms with van der Waals surface area (Å²) in [6, 6.07) is 0. The van der Waals surface area contributed by atoms with E-state index < -0.39 is 0 Å². The van der Waals surface area contributed by atoms with Gasteiger partial charge in [0.1, 0.15) is 12.7 Å². The summed E-state index contributed by atoms with van der Waals surface area (Å²) >= 11 is 1.24. The van der Waals surface area contributed by atoms with E-state index in [-0.39, 0.29) is 11.6 Å². The smallest absolute Gasteiger partial charge is 0.293 e. The molecule has 17 heavy (non-hydrogen) atoms. The molecule has 0 amide bonds. The minimum Gasteiger partial charge on any atom is -0.467 e. The molecule has 1 rings (SSSR count). The van der Waals surface area contributed by atoms with E-state index in [1.165, 1.54) is 11.5 Å². The van der Waals surface area contributed by atoms with Crippen LogP contribution in [-0.2, 0) is 4.74 Å². The van der Waals surface area contributed by atoms with E-state index in [1.54, 1.807) is 7.11 Å². The maximum atomic E-state index is 6.14. The van der Waals surface area contributed by atoms with Gasteiger partial charge in [-0.3, -0.25) is 0 Å². The molecule has 0 radical (unpaired) electrons. The molecule has 0 aromatic carbocycles. The van der Waals surface area contributed by atoms with Crippen molar-refractivity contribution in [3.8, 4) is 5.19 Å². The topological polar surface area (TPSA) is 70.3 Å². The lowest BCUT2D eigenvalue weighted by atomic mass is 9.96. The number of hydrogen-bond acceptors (Lipinski definition) is 6. The quantitative estimate of drug-likeness (QED) is 0.812. The summed E-state index contributed by atoms with van der Waals surface area (Å²) in [5, 5.41) is 0.556. The summed E-state index contributed by atoms with van der Waals surface area (Å²) in [6.07, 6.45) is 1.65. The number of nitrogens with zero attached hydrogens (tertiary/aromatic N) is 2. The molecule has 5 nitrogen and oxygen atoms in total. The van der Waals surface area contributed by atoms with Gasteiger partial charge in [0.05, 0.1) is 0 Å². The predicted molar refractivity (Wildman–Crippen MR) is 68.3 cm³/mol. The number of ether oxygens (including phenoxy) is 2. The second-order valence-corrected chi connectivity index (χ2v) is 4.87. The van der Waals surface area contributed by atoms with Gasteiger partial charge in [-0.25, -0.2) is 0 Å². The molecule has 0 aliphatic carbocycles. The summed E-state index contributed by atoms with van der Waals surface area (Å²) < 4.78 is 14.9. The number of nitrogens with two attached hydrogens (primary N) is 1. The van der Waals surface area contributed by atoms with Crippen LogP contribution in [0.25, 0.3) is 0 Å². The van der Waals surface area contributed by atoms with E-state index in [0.717, 1.165) is 12.8 Å². The molecule has 6 heteroatoms. The first-order valence-electron chi connectivity index (χ1n) is 5.82. The minimum absolute atomic E-state index is 0.108. The van der Waals surface area contributed by atoms with E-state index in [0.29, 0.717) is 17.6 Å². The molecule has 0 fully saturated rings. The van der Waals surface area contributed by atoms with Crippen LogP contribution in [-0.4, -0.2) is 28.6 Å². The lowest BCUT2D eigenvalue weighted by Crippen LogP contribution is -2.44. The van der Waals surface area contributed by atoms with Crippen LogP contribution in [0, 0.1) is 0 Å². The fourth-order valence-electron chi connectivity index (χ4n) is 1.21. The van der Waals surface area contributed by atoms with Gasteiger partial charge < -0.3 is 15.2 Å². The van der Waals surface area contributed by atoms with E-state index in [2.05, 4.69) is 23.2 Å². The van der Waals surface area contributed by atoms with Gasteiger partial charge in [-0.05, 0) is 19.8 Å². The molecule has 0 saturated heterocycles. The average Bonchev–Trinajstić information content (AvgIpc) is 2.84. The molecule has 0 spiro atoms. The standard InChI is InChI=1S/C11H21N3O2S/c1-5-11(12,6-2)7-16-10-13-9(14-17-10)8(3)15-4/h8H,5-7,12H2,1-4H3. The fraction of sp³-hybridized carbons (Fsp3) is 0.818. The third-order valence-electron chi connectivity index (χ3n) is 3.03. The highest BCUT2D eigenvalue weighted by Gasteiger charge is 2.22. The number of methoxy groups -OCH3 is 1. The zero-order valence-corrected chi connectivity index (χ0v) is 11.7. The van der Waals surface area contributed by atoms with Gasteiger partial charge in [0.15, 0.2) is 5.82 Å². The Balaban J connectivity index is 2.55. The van der Waals surface area contributed by atoms with Crippen LogP contribution in [0.1, 0.15) is 45.5 Å². The highest BCUT2D eigenvalue weighted by Crippen LogP contribution is 2.22. The SMILES string of the molecule is CCC(N)(CC)COc1nc(C(C)OC)ns1. The van der Waals surface area contributed by atoms with Crippen molar-refractivity contribution in [3.05, 3.63) is 5.82 Å². The molecule has 1 heterocycles. The lowest BCUT2D eigenvalue weighted by molar-refractivity contribution is 0.112. The Morgan fingerprint density at radius 1 is 1.41 bits per heavy atom. The second-order valence-electron chi connectivity index (χ2n) is 4.15. The predicted octanol–water partition coefficient (Wildman–Crippen LogP) is 2.14. The van der Waals surface area contributed by atoms with Gasteiger partial charge in [0, 0.05) is 24.2 Å². The van der Waals surface area contributed by atoms with Gasteiger partial charge in [-0.15, -0.1) is 0 Å². The number of aromatic nitrogens is 2. The molecule has 0 aliphatic rings. The molecule has 1 atom stereocenters. The Morgan fingerprint density at radius 3 is 2.59 bits per heavy atom. The summed E-state index contributed by atoms with van der Waals surface area (Å²) in [6.45, 7) is 6.49. The minimum atomic E-state index is -0.279. The van der Waals surface area contributed by atoms with Gasteiger partial charge >= 0.3 is 0 Å². The average molecular weight is 259 g/mol. The molecule has 1 aromatic heterocycles. The molecular formula is C11H21N3O2S. The lowest BCUT2D eigenvalue weighted by Gasteiger charge is -2.25. The summed E-state index contributed by atoms with van der Waals surface area (Å²) in [5.41, 5.74) is 5.86. The van der Waals surface area contributed by atoms with Crippen molar-refractivity contribution in [2.75, 3.05) is 13.7 Å². The molecular weight excluding hydrogens is 238 g/mol. The molecule has 1 unspecified atom stereocenters. The largest absolute Gasteiger partial charge is 0.467 e. The normalized spacial score (nSPS) is 13.7. The number of hydrogen-bond donors (Lipinski definition) is 1. The Hall–Kier alpha value is -0.720. The summed E-state index contributed by atoms with van der Waals surface area (Å²) in [5.74, 6) is 0.656. The maximum absolute atomic E-state index is 6.14. The fourth-order valence-corrected chi connectivity index (χ4v) is 1.82. The van der Waals surface area contributed by atoms with Crippen LogP contribution in [0.15, 0.2) is 0 Å². The van der Waals surface area contributed by atoms with Crippen LogP contribution in [0.5, 0.6) is 5.19 Å². The Morgan fingerprint density at radius 2 is 2.06 bits per heavy atom. The first-order chi connectivity index (χ1) is 8.04. The number of rotatable bonds is 7. The van der Waals surface area contributed by atoms with E-state index in [9.17, 15) is 0 Å². The zero-order valence-electron chi connectivity index (χ0n) is 10.9. The molecule has 2 N–H and O–H groups in total. The van der Waals surface area contributed by atoms with Crippen molar-refractivity contribution >= 4 is 11.5 Å². The zero-order chi connectivity index (χ0) is 12.9. The van der Waals surface area contributed by atoms with Crippen LogP contribution < -0.4 is 10.5 Å². The van der Waals surface area contributed by atoms with E-state index in [1.807, 2.05) is 6.92 Å². The van der Waals surface area contributed by atoms with Crippen molar-refractivity contribution in [1.29, 1.82) is 0 Å². The third kappa shape index (κ3) is 3.90. The Kier molecular flexibility index (Phi) is 5.30. The van der Waals surface area contributed by atoms with Crippen molar-refractivity contribution in [3.63, 3.8) is 0 Å². The highest BCUT2D eigenvalue weighted by atomic mass is 32.1. The first-order valence-corrected chi connectivity index (χ1v) is 6.60. The molecule has 0 bridgehead atoms. The van der Waals surface area contributed by atoms with Crippen molar-refractivity contribution in [1.82, 2.24) is 9.36 Å². The van der Waals surface area contributed by atoms with Gasteiger partial charge in [-0.1, -0.05) is 13.8 Å². The highest BCUT2D eigenvalue weighted by molar-refractivity contribution is 7.07. The summed E-state index contributed by atoms with van der Waals surface area (Å²) in [7, 11) is 1.63. The molecule has 98 valence electrons. The van der Waals surface area contributed by atoms with Crippen LogP contribution >= 0.6 is 11.5 Å². The maximum Gasteiger partial charge on any atom is 0.293 e. The Labute approximate surface area is 107 Å². The summed E-state index contributed by atoms with van der Waals surface area (Å²) in [4.78, 5) is 4.26. The molecule has 1 aromatic rings. The Bertz CT molecular complexity index is 339. The van der Waals surface area contributed by atoms with Crippen LogP contribution in [0.3, 0.4) is 0 Å². The van der Waals surface area contributed by atoms with Crippen molar-refractivity contribution < 1.29 is 9.47 Å². The second kappa shape index (κ2) is 6.28.